The first-order chi connectivity index (χ1) is 10.9. The topological polar surface area (TPSA) is 29.0 Å². The second kappa shape index (κ2) is 7.48. The van der Waals surface area contributed by atoms with Crippen LogP contribution in [-0.2, 0) is 19.6 Å². The standard InChI is InChI=1S/C19H19N3/c1-3-7-17(8-4-1)14-22(15-18-9-5-2-6-10-18)16-19-13-20-11-12-21-19/h1-13H,14-16H2. The Balaban J connectivity index is 1.75. The quantitative estimate of drug-likeness (QED) is 0.693. The average molecular weight is 289 g/mol. The number of hydrogen-bond acceptors (Lipinski definition) is 3. The average Bonchev–Trinajstić information content (AvgIpc) is 2.57. The summed E-state index contributed by atoms with van der Waals surface area (Å²) in [6.45, 7) is 2.58. The molecule has 110 valence electrons. The number of benzene rings is 2. The highest BCUT2D eigenvalue weighted by Gasteiger charge is 2.09. The summed E-state index contributed by atoms with van der Waals surface area (Å²) in [6, 6.07) is 21.1. The van der Waals surface area contributed by atoms with Crippen molar-refractivity contribution >= 4 is 0 Å². The lowest BCUT2D eigenvalue weighted by Gasteiger charge is -2.22. The molecule has 0 radical (unpaired) electrons. The Kier molecular flexibility index (Phi) is 4.90. The monoisotopic (exact) mass is 289 g/mol. The van der Waals surface area contributed by atoms with Crippen LogP contribution in [0.2, 0.25) is 0 Å². The van der Waals surface area contributed by atoms with Gasteiger partial charge in [-0.1, -0.05) is 60.7 Å². The van der Waals surface area contributed by atoms with Crippen molar-refractivity contribution in [3.05, 3.63) is 96.1 Å². The third kappa shape index (κ3) is 4.24. The Hall–Kier alpha value is -2.52. The molecule has 0 saturated heterocycles. The van der Waals surface area contributed by atoms with E-state index in [-0.39, 0.29) is 0 Å². The predicted molar refractivity (Wildman–Crippen MR) is 87.9 cm³/mol. The first kappa shape index (κ1) is 14.4. The molecule has 0 bridgehead atoms. The van der Waals surface area contributed by atoms with Gasteiger partial charge in [0.25, 0.3) is 0 Å². The van der Waals surface area contributed by atoms with E-state index in [9.17, 15) is 0 Å². The highest BCUT2D eigenvalue weighted by atomic mass is 15.1. The molecule has 0 atom stereocenters. The molecular weight excluding hydrogens is 270 g/mol. The van der Waals surface area contributed by atoms with Crippen LogP contribution >= 0.6 is 0 Å². The molecule has 3 rings (SSSR count). The van der Waals surface area contributed by atoms with Crippen molar-refractivity contribution in [2.45, 2.75) is 19.6 Å². The first-order valence-corrected chi connectivity index (χ1v) is 7.45. The molecule has 0 spiro atoms. The highest BCUT2D eigenvalue weighted by Crippen LogP contribution is 2.12. The third-order valence-electron chi connectivity index (χ3n) is 3.50. The molecular formula is C19H19N3. The van der Waals surface area contributed by atoms with Gasteiger partial charge in [-0.2, -0.15) is 0 Å². The SMILES string of the molecule is c1ccc(CN(Cc2ccccc2)Cc2cnccn2)cc1. The molecule has 1 aromatic heterocycles. The Morgan fingerprint density at radius 1 is 0.682 bits per heavy atom. The van der Waals surface area contributed by atoms with Crippen molar-refractivity contribution in [2.24, 2.45) is 0 Å². The molecule has 1 heterocycles. The predicted octanol–water partition coefficient (Wildman–Crippen LogP) is 3.68. The number of nitrogens with zero attached hydrogens (tertiary/aromatic N) is 3. The fourth-order valence-electron chi connectivity index (χ4n) is 2.49. The summed E-state index contributed by atoms with van der Waals surface area (Å²) in [5, 5.41) is 0. The maximum absolute atomic E-state index is 4.40. The molecule has 3 nitrogen and oxygen atoms in total. The summed E-state index contributed by atoms with van der Waals surface area (Å²) in [7, 11) is 0. The van der Waals surface area contributed by atoms with Gasteiger partial charge in [0.1, 0.15) is 0 Å². The third-order valence-corrected chi connectivity index (χ3v) is 3.50. The lowest BCUT2D eigenvalue weighted by Crippen LogP contribution is -2.23. The van der Waals surface area contributed by atoms with E-state index in [4.69, 9.17) is 0 Å². The van der Waals surface area contributed by atoms with Crippen molar-refractivity contribution < 1.29 is 0 Å². The summed E-state index contributed by atoms with van der Waals surface area (Å²) in [4.78, 5) is 10.9. The second-order valence-electron chi connectivity index (χ2n) is 5.31. The Bertz CT molecular complexity index is 570. The van der Waals surface area contributed by atoms with Crippen molar-refractivity contribution in [3.63, 3.8) is 0 Å². The number of hydrogen-bond donors (Lipinski definition) is 0. The molecule has 0 aliphatic rings. The van der Waals surface area contributed by atoms with Crippen LogP contribution in [0, 0.1) is 0 Å². The van der Waals surface area contributed by atoms with Gasteiger partial charge in [-0.05, 0) is 11.1 Å². The smallest absolute Gasteiger partial charge is 0.0727 e. The highest BCUT2D eigenvalue weighted by molar-refractivity contribution is 5.17. The van der Waals surface area contributed by atoms with Gasteiger partial charge in [-0.15, -0.1) is 0 Å². The van der Waals surface area contributed by atoms with E-state index in [1.54, 1.807) is 12.4 Å². The lowest BCUT2D eigenvalue weighted by molar-refractivity contribution is 0.244. The summed E-state index contributed by atoms with van der Waals surface area (Å²) in [6.07, 6.45) is 5.30. The molecule has 0 fully saturated rings. The largest absolute Gasteiger partial charge is 0.289 e. The van der Waals surface area contributed by atoms with Crippen LogP contribution in [-0.4, -0.2) is 14.9 Å². The molecule has 3 aromatic rings. The van der Waals surface area contributed by atoms with Gasteiger partial charge in [0, 0.05) is 38.2 Å². The van der Waals surface area contributed by atoms with E-state index >= 15 is 0 Å². The van der Waals surface area contributed by atoms with Gasteiger partial charge in [-0.25, -0.2) is 0 Å². The van der Waals surface area contributed by atoms with E-state index in [1.807, 2.05) is 18.3 Å². The fourth-order valence-corrected chi connectivity index (χ4v) is 2.49. The summed E-state index contributed by atoms with van der Waals surface area (Å²) < 4.78 is 0. The van der Waals surface area contributed by atoms with Crippen LogP contribution < -0.4 is 0 Å². The van der Waals surface area contributed by atoms with Crippen LogP contribution in [0.1, 0.15) is 16.8 Å². The molecule has 0 N–H and O–H groups in total. The van der Waals surface area contributed by atoms with Gasteiger partial charge in [0.2, 0.25) is 0 Å². The first-order valence-electron chi connectivity index (χ1n) is 7.45. The van der Waals surface area contributed by atoms with E-state index in [0.29, 0.717) is 0 Å². The van der Waals surface area contributed by atoms with Crippen molar-refractivity contribution in [3.8, 4) is 0 Å². The molecule has 0 aliphatic carbocycles. The molecule has 2 aromatic carbocycles. The van der Waals surface area contributed by atoms with Gasteiger partial charge in [0.15, 0.2) is 0 Å². The molecule has 3 heteroatoms. The Morgan fingerprint density at radius 2 is 1.27 bits per heavy atom. The van der Waals surface area contributed by atoms with Crippen LogP contribution in [0.3, 0.4) is 0 Å². The number of rotatable bonds is 6. The van der Waals surface area contributed by atoms with Crippen LogP contribution in [0.5, 0.6) is 0 Å². The molecule has 0 aliphatic heterocycles. The van der Waals surface area contributed by atoms with E-state index in [1.165, 1.54) is 11.1 Å². The van der Waals surface area contributed by atoms with E-state index in [2.05, 4.69) is 63.4 Å². The lowest BCUT2D eigenvalue weighted by atomic mass is 10.1. The molecule has 0 unspecified atom stereocenters. The molecule has 0 amide bonds. The summed E-state index contributed by atoms with van der Waals surface area (Å²) >= 11 is 0. The molecule has 0 saturated carbocycles. The van der Waals surface area contributed by atoms with Crippen LogP contribution in [0.15, 0.2) is 79.3 Å². The van der Waals surface area contributed by atoms with Crippen LogP contribution in [0.25, 0.3) is 0 Å². The normalized spacial score (nSPS) is 10.8. The molecule has 22 heavy (non-hydrogen) atoms. The maximum atomic E-state index is 4.40. The zero-order valence-electron chi connectivity index (χ0n) is 12.5. The number of aromatic nitrogens is 2. The Morgan fingerprint density at radius 3 is 1.77 bits per heavy atom. The minimum Gasteiger partial charge on any atom is -0.289 e. The van der Waals surface area contributed by atoms with Crippen molar-refractivity contribution in [1.82, 2.24) is 14.9 Å². The van der Waals surface area contributed by atoms with Crippen molar-refractivity contribution in [2.75, 3.05) is 0 Å². The fraction of sp³-hybridized carbons (Fsp3) is 0.158. The minimum absolute atomic E-state index is 0.789. The van der Waals surface area contributed by atoms with Crippen molar-refractivity contribution in [1.29, 1.82) is 0 Å². The summed E-state index contributed by atoms with van der Waals surface area (Å²) in [5.41, 5.74) is 3.61. The van der Waals surface area contributed by atoms with E-state index in [0.717, 1.165) is 25.3 Å². The van der Waals surface area contributed by atoms with E-state index < -0.39 is 0 Å². The maximum Gasteiger partial charge on any atom is 0.0727 e. The van der Waals surface area contributed by atoms with Crippen LogP contribution in [0.4, 0.5) is 0 Å². The Labute approximate surface area is 131 Å². The van der Waals surface area contributed by atoms with Gasteiger partial charge >= 0.3 is 0 Å². The van der Waals surface area contributed by atoms with Gasteiger partial charge < -0.3 is 0 Å². The zero-order valence-corrected chi connectivity index (χ0v) is 12.5. The minimum atomic E-state index is 0.789. The van der Waals surface area contributed by atoms with Gasteiger partial charge in [0.05, 0.1) is 5.69 Å². The summed E-state index contributed by atoms with van der Waals surface area (Å²) in [5.74, 6) is 0. The van der Waals surface area contributed by atoms with Gasteiger partial charge in [-0.3, -0.25) is 14.9 Å². The zero-order chi connectivity index (χ0) is 15.0. The second-order valence-corrected chi connectivity index (χ2v) is 5.31.